The molecule has 1 aliphatic rings. The van der Waals surface area contributed by atoms with Crippen LogP contribution in [-0.2, 0) is 4.43 Å². The monoisotopic (exact) mass is 262 g/mol. The Morgan fingerprint density at radius 2 is 1.39 bits per heavy atom. The molecule has 1 saturated heterocycles. The fraction of sp³-hybridized carbons (Fsp3) is 0.500. The molecule has 0 aromatic rings. The van der Waals surface area contributed by atoms with Gasteiger partial charge in [-0.05, 0) is 11.5 Å². The van der Waals surface area contributed by atoms with E-state index in [1.54, 1.807) is 0 Å². The lowest BCUT2D eigenvalue weighted by atomic mass is 9.59. The standard InChI is InChI=1S/C16H26OSi/c1-9-16(10-2)15(7,8)14(5,6)13-18(11-3,12-4)17-16/h9-12H,1-4,13H2,5-8H3. The zero-order valence-electron chi connectivity index (χ0n) is 12.3. The van der Waals surface area contributed by atoms with Crippen LogP contribution in [0.25, 0.3) is 0 Å². The van der Waals surface area contributed by atoms with Gasteiger partial charge >= 0.3 is 0 Å². The Balaban J connectivity index is 3.49. The minimum atomic E-state index is -2.15. The highest BCUT2D eigenvalue weighted by atomic mass is 28.4. The molecule has 0 aromatic carbocycles. The molecule has 1 fully saturated rings. The summed E-state index contributed by atoms with van der Waals surface area (Å²) >= 11 is 0. The van der Waals surface area contributed by atoms with E-state index in [4.69, 9.17) is 4.43 Å². The summed E-state index contributed by atoms with van der Waals surface area (Å²) < 4.78 is 6.48. The molecule has 1 nitrogen and oxygen atoms in total. The van der Waals surface area contributed by atoms with Crippen molar-refractivity contribution in [3.63, 3.8) is 0 Å². The summed E-state index contributed by atoms with van der Waals surface area (Å²) in [5.74, 6) is 0. The van der Waals surface area contributed by atoms with Crippen LogP contribution in [0.3, 0.4) is 0 Å². The van der Waals surface area contributed by atoms with Gasteiger partial charge in [0.1, 0.15) is 0 Å². The van der Waals surface area contributed by atoms with Crippen molar-refractivity contribution in [1.29, 1.82) is 0 Å². The van der Waals surface area contributed by atoms with Crippen molar-refractivity contribution in [3.05, 3.63) is 49.9 Å². The summed E-state index contributed by atoms with van der Waals surface area (Å²) in [5, 5.41) is 0. The second-order valence-electron chi connectivity index (χ2n) is 6.35. The van der Waals surface area contributed by atoms with E-state index in [2.05, 4.69) is 54.0 Å². The molecule has 0 saturated carbocycles. The molecule has 2 heteroatoms. The van der Waals surface area contributed by atoms with Gasteiger partial charge in [-0.15, -0.1) is 13.2 Å². The van der Waals surface area contributed by atoms with Crippen LogP contribution in [0, 0.1) is 10.8 Å². The molecule has 0 unspecified atom stereocenters. The second kappa shape index (κ2) is 4.36. The molecule has 0 atom stereocenters. The van der Waals surface area contributed by atoms with Crippen LogP contribution in [0.15, 0.2) is 49.9 Å². The molecule has 0 bridgehead atoms. The highest BCUT2D eigenvalue weighted by Gasteiger charge is 2.60. The molecule has 0 spiro atoms. The van der Waals surface area contributed by atoms with Crippen molar-refractivity contribution < 1.29 is 4.43 Å². The summed E-state index contributed by atoms with van der Waals surface area (Å²) in [6.07, 6.45) is 3.77. The predicted molar refractivity (Wildman–Crippen MR) is 82.7 cm³/mol. The van der Waals surface area contributed by atoms with Crippen molar-refractivity contribution in [2.75, 3.05) is 0 Å². The fourth-order valence-corrected chi connectivity index (χ4v) is 6.47. The first kappa shape index (κ1) is 15.2. The van der Waals surface area contributed by atoms with Crippen LogP contribution >= 0.6 is 0 Å². The minimum Gasteiger partial charge on any atom is -0.396 e. The van der Waals surface area contributed by atoms with Crippen molar-refractivity contribution in [2.24, 2.45) is 10.8 Å². The van der Waals surface area contributed by atoms with Crippen LogP contribution < -0.4 is 0 Å². The van der Waals surface area contributed by atoms with E-state index in [9.17, 15) is 0 Å². The van der Waals surface area contributed by atoms with Gasteiger partial charge in [0.25, 0.3) is 0 Å². The minimum absolute atomic E-state index is 0.0774. The maximum absolute atomic E-state index is 6.48. The lowest BCUT2D eigenvalue weighted by Crippen LogP contribution is -2.64. The molecule has 100 valence electrons. The van der Waals surface area contributed by atoms with E-state index >= 15 is 0 Å². The smallest absolute Gasteiger partial charge is 0.242 e. The number of hydrogen-bond acceptors (Lipinski definition) is 1. The van der Waals surface area contributed by atoms with E-state index in [1.807, 2.05) is 23.6 Å². The quantitative estimate of drug-likeness (QED) is 0.532. The molecular formula is C16H26OSi. The van der Waals surface area contributed by atoms with Gasteiger partial charge in [0.2, 0.25) is 8.32 Å². The van der Waals surface area contributed by atoms with Gasteiger partial charge in [0.15, 0.2) is 0 Å². The molecule has 18 heavy (non-hydrogen) atoms. The highest BCUT2D eigenvalue weighted by molar-refractivity contribution is 6.83. The summed E-state index contributed by atoms with van der Waals surface area (Å²) in [5.41, 5.74) is 3.44. The normalized spacial score (nSPS) is 26.9. The van der Waals surface area contributed by atoms with Crippen LogP contribution in [0.4, 0.5) is 0 Å². The zero-order valence-corrected chi connectivity index (χ0v) is 13.3. The van der Waals surface area contributed by atoms with E-state index in [0.717, 1.165) is 6.04 Å². The average Bonchev–Trinajstić information content (AvgIpc) is 2.33. The van der Waals surface area contributed by atoms with Gasteiger partial charge in [-0.1, -0.05) is 64.4 Å². The molecule has 1 heterocycles. The van der Waals surface area contributed by atoms with Gasteiger partial charge in [0, 0.05) is 5.41 Å². The Morgan fingerprint density at radius 3 is 1.72 bits per heavy atom. The lowest BCUT2D eigenvalue weighted by Gasteiger charge is -2.60. The van der Waals surface area contributed by atoms with E-state index in [0.29, 0.717) is 0 Å². The van der Waals surface area contributed by atoms with Crippen molar-refractivity contribution in [1.82, 2.24) is 0 Å². The van der Waals surface area contributed by atoms with E-state index < -0.39 is 13.9 Å². The molecule has 0 amide bonds. The molecule has 1 aliphatic heterocycles. The number of rotatable bonds is 4. The number of hydrogen-bond donors (Lipinski definition) is 0. The van der Waals surface area contributed by atoms with Crippen molar-refractivity contribution in [2.45, 2.75) is 39.3 Å². The molecule has 0 aromatic heterocycles. The lowest BCUT2D eigenvalue weighted by molar-refractivity contribution is -0.0660. The average molecular weight is 262 g/mol. The summed E-state index contributed by atoms with van der Waals surface area (Å²) in [6.45, 7) is 24.9. The van der Waals surface area contributed by atoms with Crippen LogP contribution in [0.5, 0.6) is 0 Å². The van der Waals surface area contributed by atoms with Crippen molar-refractivity contribution in [3.8, 4) is 0 Å². The Kier molecular flexibility index (Phi) is 3.68. The zero-order chi connectivity index (χ0) is 14.2. The summed E-state index contributed by atoms with van der Waals surface area (Å²) in [7, 11) is -2.15. The maximum atomic E-state index is 6.48. The SMILES string of the molecule is C=CC1(C=C)O[Si](C=C)(C=C)CC(C)(C)C1(C)C. The highest BCUT2D eigenvalue weighted by Crippen LogP contribution is 2.58. The van der Waals surface area contributed by atoms with Gasteiger partial charge < -0.3 is 4.43 Å². The van der Waals surface area contributed by atoms with E-state index in [1.165, 1.54) is 0 Å². The molecule has 0 N–H and O–H groups in total. The Bertz CT molecular complexity index is 374. The van der Waals surface area contributed by atoms with Gasteiger partial charge in [0.05, 0.1) is 5.60 Å². The third-order valence-corrected chi connectivity index (χ3v) is 8.58. The topological polar surface area (TPSA) is 9.23 Å². The Labute approximate surface area is 113 Å². The molecule has 1 rings (SSSR count). The second-order valence-corrected chi connectivity index (χ2v) is 9.64. The van der Waals surface area contributed by atoms with Crippen LogP contribution in [-0.4, -0.2) is 13.9 Å². The largest absolute Gasteiger partial charge is 0.396 e. The van der Waals surface area contributed by atoms with Crippen LogP contribution in [0.1, 0.15) is 27.7 Å². The summed E-state index contributed by atoms with van der Waals surface area (Å²) in [4.78, 5) is 0. The third-order valence-electron chi connectivity index (χ3n) is 5.04. The summed E-state index contributed by atoms with van der Waals surface area (Å²) in [6, 6.07) is 0.990. The van der Waals surface area contributed by atoms with Crippen LogP contribution in [0.2, 0.25) is 6.04 Å². The molecular weight excluding hydrogens is 236 g/mol. The Morgan fingerprint density at radius 1 is 0.944 bits per heavy atom. The van der Waals surface area contributed by atoms with Gasteiger partial charge in [-0.2, -0.15) is 0 Å². The predicted octanol–water partition coefficient (Wildman–Crippen LogP) is 4.58. The molecule has 0 radical (unpaired) electrons. The van der Waals surface area contributed by atoms with Gasteiger partial charge in [-0.25, -0.2) is 0 Å². The maximum Gasteiger partial charge on any atom is 0.242 e. The fourth-order valence-electron chi connectivity index (χ4n) is 2.91. The first-order valence-electron chi connectivity index (χ1n) is 6.40. The third kappa shape index (κ3) is 1.79. The first-order chi connectivity index (χ1) is 8.16. The van der Waals surface area contributed by atoms with E-state index in [-0.39, 0.29) is 10.8 Å². The Hall–Kier alpha value is -0.863. The van der Waals surface area contributed by atoms with Crippen molar-refractivity contribution >= 4 is 8.32 Å². The van der Waals surface area contributed by atoms with Gasteiger partial charge in [-0.3, -0.25) is 0 Å². The first-order valence-corrected chi connectivity index (χ1v) is 8.67. The molecule has 0 aliphatic carbocycles.